The second-order valence-electron chi connectivity index (χ2n) is 9.02. The predicted molar refractivity (Wildman–Crippen MR) is 141 cm³/mol. The van der Waals surface area contributed by atoms with Crippen molar-refractivity contribution in [2.75, 3.05) is 32.5 Å². The van der Waals surface area contributed by atoms with Gasteiger partial charge in [-0.3, -0.25) is 4.90 Å². The third-order valence-electron chi connectivity index (χ3n) is 5.81. The lowest BCUT2D eigenvalue weighted by Crippen LogP contribution is -2.35. The van der Waals surface area contributed by atoms with Gasteiger partial charge in [0.05, 0.1) is 11.9 Å². The molecule has 34 heavy (non-hydrogen) atoms. The van der Waals surface area contributed by atoms with Crippen LogP contribution in [0.15, 0.2) is 72.8 Å². The smallest absolute Gasteiger partial charge is 0.145 e. The van der Waals surface area contributed by atoms with Gasteiger partial charge in [-0.25, -0.2) is 9.97 Å². The van der Waals surface area contributed by atoms with Gasteiger partial charge in [-0.05, 0) is 50.7 Å². The van der Waals surface area contributed by atoms with Gasteiger partial charge in [0.25, 0.3) is 0 Å². The fourth-order valence-electron chi connectivity index (χ4n) is 4.14. The zero-order valence-electron chi connectivity index (χ0n) is 20.3. The maximum Gasteiger partial charge on any atom is 0.145 e. The quantitative estimate of drug-likeness (QED) is 0.450. The molecule has 3 aromatic rings. The van der Waals surface area contributed by atoms with Crippen molar-refractivity contribution in [1.29, 1.82) is 0 Å². The van der Waals surface area contributed by atoms with Crippen LogP contribution in [0.5, 0.6) is 0 Å². The standard InChI is InChI=1S/C29H35N5/c1-33(2)20-12-19-30-29-26-17-10-5-11-18-27(26)31-28(32-29)23-34(21-24-13-6-3-7-14-24)22-25-15-8-4-9-16-25/h3-10,13-18H,11-12,19-23H2,1-2H3,(H,30,31,32). The van der Waals surface area contributed by atoms with Gasteiger partial charge in [-0.1, -0.05) is 78.9 Å². The molecule has 1 N–H and O–H groups in total. The molecular weight excluding hydrogens is 418 g/mol. The molecule has 2 aromatic carbocycles. The second-order valence-corrected chi connectivity index (χ2v) is 9.02. The molecule has 5 nitrogen and oxygen atoms in total. The van der Waals surface area contributed by atoms with E-state index in [-0.39, 0.29) is 0 Å². The van der Waals surface area contributed by atoms with Gasteiger partial charge in [0, 0.05) is 24.9 Å². The summed E-state index contributed by atoms with van der Waals surface area (Å²) in [6.07, 6.45) is 10.5. The Morgan fingerprint density at radius 3 is 2.18 bits per heavy atom. The van der Waals surface area contributed by atoms with Crippen LogP contribution in [0.1, 0.15) is 29.8 Å². The van der Waals surface area contributed by atoms with Gasteiger partial charge in [0.15, 0.2) is 0 Å². The monoisotopic (exact) mass is 453 g/mol. The number of fused-ring (bicyclic) bond motifs is 1. The molecule has 0 fully saturated rings. The van der Waals surface area contributed by atoms with E-state index in [2.05, 4.69) is 114 Å². The van der Waals surface area contributed by atoms with Crippen LogP contribution in [0, 0.1) is 0 Å². The minimum Gasteiger partial charge on any atom is -0.369 e. The van der Waals surface area contributed by atoms with E-state index in [0.717, 1.165) is 61.2 Å². The Kier molecular flexibility index (Phi) is 8.60. The van der Waals surface area contributed by atoms with E-state index in [4.69, 9.17) is 9.97 Å². The number of nitrogens with one attached hydrogen (secondary N) is 1. The first kappa shape index (κ1) is 23.9. The van der Waals surface area contributed by atoms with Gasteiger partial charge in [0.1, 0.15) is 11.6 Å². The molecule has 1 aliphatic carbocycles. The van der Waals surface area contributed by atoms with E-state index < -0.39 is 0 Å². The highest BCUT2D eigenvalue weighted by molar-refractivity contribution is 5.51. The Morgan fingerprint density at radius 2 is 1.53 bits per heavy atom. The fraction of sp³-hybridized carbons (Fsp3) is 0.310. The van der Waals surface area contributed by atoms with Crippen LogP contribution in [0.3, 0.4) is 0 Å². The van der Waals surface area contributed by atoms with E-state index in [1.807, 2.05) is 0 Å². The molecular formula is C29H35N5. The zero-order chi connectivity index (χ0) is 23.6. The lowest BCUT2D eigenvalue weighted by atomic mass is 10.1. The van der Waals surface area contributed by atoms with Crippen LogP contribution < -0.4 is 15.9 Å². The Bertz CT molecular complexity index is 1140. The van der Waals surface area contributed by atoms with Crippen molar-refractivity contribution < 1.29 is 0 Å². The van der Waals surface area contributed by atoms with Gasteiger partial charge in [0.2, 0.25) is 0 Å². The lowest BCUT2D eigenvalue weighted by molar-refractivity contribution is 0.241. The van der Waals surface area contributed by atoms with Crippen molar-refractivity contribution in [3.8, 4) is 0 Å². The van der Waals surface area contributed by atoms with Crippen LogP contribution in [0.25, 0.3) is 12.2 Å². The Balaban J connectivity index is 1.60. The topological polar surface area (TPSA) is 44.3 Å². The lowest BCUT2D eigenvalue weighted by Gasteiger charge is -2.22. The van der Waals surface area contributed by atoms with Gasteiger partial charge >= 0.3 is 0 Å². The number of aromatic nitrogens is 2. The number of anilines is 1. The predicted octanol–water partition coefficient (Wildman–Crippen LogP) is 3.56. The molecule has 1 aromatic heterocycles. The molecule has 1 heterocycles. The molecule has 0 unspecified atom stereocenters. The van der Waals surface area contributed by atoms with Gasteiger partial charge < -0.3 is 10.2 Å². The Morgan fingerprint density at radius 1 is 0.853 bits per heavy atom. The normalized spacial score (nSPS) is 12.7. The molecule has 1 aliphatic rings. The number of allylic oxidation sites excluding steroid dienone is 2. The summed E-state index contributed by atoms with van der Waals surface area (Å²) in [5, 5.41) is 5.69. The number of hydrogen-bond acceptors (Lipinski definition) is 5. The van der Waals surface area contributed by atoms with Crippen molar-refractivity contribution in [2.24, 2.45) is 0 Å². The zero-order valence-corrected chi connectivity index (χ0v) is 20.3. The van der Waals surface area contributed by atoms with Crippen molar-refractivity contribution in [3.05, 3.63) is 100 Å². The van der Waals surface area contributed by atoms with Crippen LogP contribution in [0.2, 0.25) is 0 Å². The first-order valence-corrected chi connectivity index (χ1v) is 12.1. The van der Waals surface area contributed by atoms with Crippen molar-refractivity contribution in [1.82, 2.24) is 19.8 Å². The fourth-order valence-corrected chi connectivity index (χ4v) is 4.14. The van der Waals surface area contributed by atoms with Crippen LogP contribution in [-0.4, -0.2) is 47.0 Å². The maximum absolute atomic E-state index is 5.00. The largest absolute Gasteiger partial charge is 0.369 e. The highest BCUT2D eigenvalue weighted by Crippen LogP contribution is 2.13. The molecule has 0 saturated heterocycles. The van der Waals surface area contributed by atoms with E-state index in [1.54, 1.807) is 0 Å². The molecule has 0 bridgehead atoms. The summed E-state index contributed by atoms with van der Waals surface area (Å²) in [5.74, 6) is 1.79. The molecule has 0 aliphatic heterocycles. The van der Waals surface area contributed by atoms with Crippen molar-refractivity contribution in [3.63, 3.8) is 0 Å². The molecule has 5 heteroatoms. The highest BCUT2D eigenvalue weighted by atomic mass is 15.2. The third-order valence-corrected chi connectivity index (χ3v) is 5.81. The summed E-state index contributed by atoms with van der Waals surface area (Å²) in [4.78, 5) is 14.6. The average Bonchev–Trinajstić information content (AvgIpc) is 3.08. The number of rotatable bonds is 11. The molecule has 0 amide bonds. The molecule has 0 atom stereocenters. The first-order valence-electron chi connectivity index (χ1n) is 12.1. The average molecular weight is 454 g/mol. The molecule has 0 spiro atoms. The van der Waals surface area contributed by atoms with E-state index in [0.29, 0.717) is 6.54 Å². The van der Waals surface area contributed by atoms with Gasteiger partial charge in [-0.15, -0.1) is 0 Å². The van der Waals surface area contributed by atoms with Crippen molar-refractivity contribution in [2.45, 2.75) is 32.5 Å². The Labute approximate surface area is 203 Å². The Hall–Kier alpha value is -3.28. The molecule has 176 valence electrons. The summed E-state index contributed by atoms with van der Waals surface area (Å²) in [5.41, 5.74) is 2.58. The number of nitrogens with zero attached hydrogens (tertiary/aromatic N) is 4. The van der Waals surface area contributed by atoms with Crippen LogP contribution >= 0.6 is 0 Å². The minimum absolute atomic E-state index is 0.685. The molecule has 0 saturated carbocycles. The summed E-state index contributed by atoms with van der Waals surface area (Å²) >= 11 is 0. The third kappa shape index (κ3) is 7.11. The summed E-state index contributed by atoms with van der Waals surface area (Å²) in [7, 11) is 4.22. The van der Waals surface area contributed by atoms with E-state index >= 15 is 0 Å². The summed E-state index contributed by atoms with van der Waals surface area (Å²) in [6.45, 7) is 4.31. The number of benzene rings is 2. The second kappa shape index (κ2) is 12.3. The summed E-state index contributed by atoms with van der Waals surface area (Å²) < 4.78 is 0. The number of hydrogen-bond donors (Lipinski definition) is 1. The molecule has 4 rings (SSSR count). The first-order chi connectivity index (χ1) is 16.7. The van der Waals surface area contributed by atoms with Crippen LogP contribution in [0.4, 0.5) is 5.82 Å². The maximum atomic E-state index is 5.00. The summed E-state index contributed by atoms with van der Waals surface area (Å²) in [6, 6.07) is 21.3. The van der Waals surface area contributed by atoms with E-state index in [1.165, 1.54) is 11.1 Å². The van der Waals surface area contributed by atoms with Gasteiger partial charge in [-0.2, -0.15) is 0 Å². The SMILES string of the molecule is CN(C)CCCNc1nc(CN(Cc2ccccc2)Cc2ccccc2)nc2c1=CC=CCC=2. The van der Waals surface area contributed by atoms with Crippen LogP contribution in [-0.2, 0) is 19.6 Å². The minimum atomic E-state index is 0.685. The highest BCUT2D eigenvalue weighted by Gasteiger charge is 2.13. The molecule has 0 radical (unpaired) electrons. The van der Waals surface area contributed by atoms with E-state index in [9.17, 15) is 0 Å². The van der Waals surface area contributed by atoms with Crippen molar-refractivity contribution >= 4 is 18.0 Å².